The van der Waals surface area contributed by atoms with E-state index in [4.69, 9.17) is 9.47 Å². The number of rotatable bonds is 3. The van der Waals surface area contributed by atoms with Gasteiger partial charge in [-0.15, -0.1) is 0 Å². The van der Waals surface area contributed by atoms with Gasteiger partial charge in [-0.05, 0) is 43.9 Å². The first-order chi connectivity index (χ1) is 11.7. The van der Waals surface area contributed by atoms with E-state index >= 15 is 0 Å². The zero-order valence-electron chi connectivity index (χ0n) is 15.8. The fourth-order valence-electron chi connectivity index (χ4n) is 3.27. The van der Waals surface area contributed by atoms with Crippen LogP contribution in [0.15, 0.2) is 23.3 Å². The van der Waals surface area contributed by atoms with Crippen molar-refractivity contribution in [2.75, 3.05) is 0 Å². The molecule has 5 heteroatoms. The van der Waals surface area contributed by atoms with Crippen molar-refractivity contribution in [2.24, 2.45) is 17.8 Å². The molecule has 5 nitrogen and oxygen atoms in total. The molecule has 140 valence electrons. The third kappa shape index (κ3) is 4.51. The van der Waals surface area contributed by atoms with Gasteiger partial charge in [-0.2, -0.15) is 0 Å². The van der Waals surface area contributed by atoms with E-state index in [9.17, 15) is 14.7 Å². The quantitative estimate of drug-likeness (QED) is 0.625. The molecule has 25 heavy (non-hydrogen) atoms. The molecule has 0 amide bonds. The van der Waals surface area contributed by atoms with Crippen LogP contribution in [0.25, 0.3) is 0 Å². The lowest BCUT2D eigenvalue weighted by Gasteiger charge is -2.26. The predicted molar refractivity (Wildman–Crippen MR) is 94.6 cm³/mol. The molecule has 1 N–H and O–H groups in total. The Bertz CT molecular complexity index is 577. The van der Waals surface area contributed by atoms with Crippen molar-refractivity contribution in [1.82, 2.24) is 0 Å². The Labute approximate surface area is 150 Å². The first-order valence-electron chi connectivity index (χ1n) is 9.18. The molecule has 1 saturated heterocycles. The zero-order chi connectivity index (χ0) is 18.7. The number of aliphatic hydroxyl groups is 1. The van der Waals surface area contributed by atoms with Crippen molar-refractivity contribution in [2.45, 2.75) is 72.2 Å². The molecule has 1 fully saturated rings. The van der Waals surface area contributed by atoms with Gasteiger partial charge in [0.1, 0.15) is 12.2 Å². The second-order valence-electron chi connectivity index (χ2n) is 7.43. The molecule has 0 radical (unpaired) electrons. The van der Waals surface area contributed by atoms with Crippen LogP contribution in [0.3, 0.4) is 0 Å². The van der Waals surface area contributed by atoms with Crippen molar-refractivity contribution >= 4 is 11.9 Å². The molecule has 0 spiro atoms. The van der Waals surface area contributed by atoms with E-state index in [0.29, 0.717) is 12.8 Å². The van der Waals surface area contributed by atoms with E-state index < -0.39 is 12.2 Å². The summed E-state index contributed by atoms with van der Waals surface area (Å²) in [4.78, 5) is 24.2. The van der Waals surface area contributed by atoms with Gasteiger partial charge in [-0.3, -0.25) is 9.59 Å². The molecule has 0 bridgehead atoms. The van der Waals surface area contributed by atoms with Crippen LogP contribution in [0.2, 0.25) is 0 Å². The van der Waals surface area contributed by atoms with Crippen molar-refractivity contribution in [3.05, 3.63) is 23.3 Å². The molecule has 6 atom stereocenters. The maximum Gasteiger partial charge on any atom is 0.309 e. The monoisotopic (exact) mass is 350 g/mol. The average molecular weight is 350 g/mol. The Morgan fingerprint density at radius 3 is 2.72 bits per heavy atom. The summed E-state index contributed by atoms with van der Waals surface area (Å²) in [7, 11) is 0. The van der Waals surface area contributed by atoms with Crippen LogP contribution in [0.1, 0.15) is 53.9 Å². The highest BCUT2D eigenvalue weighted by atomic mass is 16.6. The lowest BCUT2D eigenvalue weighted by molar-refractivity contribution is -0.152. The lowest BCUT2D eigenvalue weighted by Crippen LogP contribution is -2.28. The maximum absolute atomic E-state index is 12.2. The maximum atomic E-state index is 12.2. The van der Waals surface area contributed by atoms with Crippen molar-refractivity contribution in [3.8, 4) is 0 Å². The van der Waals surface area contributed by atoms with E-state index in [-0.39, 0.29) is 35.8 Å². The second kappa shape index (κ2) is 8.17. The highest BCUT2D eigenvalue weighted by molar-refractivity contribution is 5.75. The van der Waals surface area contributed by atoms with Gasteiger partial charge in [0.25, 0.3) is 0 Å². The number of fused-ring (bicyclic) bond motifs is 1. The number of hydrogen-bond donors (Lipinski definition) is 1. The molecule has 2 rings (SSSR count). The summed E-state index contributed by atoms with van der Waals surface area (Å²) in [5.74, 6) is -0.949. The van der Waals surface area contributed by atoms with Gasteiger partial charge in [0.15, 0.2) is 0 Å². The summed E-state index contributed by atoms with van der Waals surface area (Å²) in [6, 6.07) is 0. The van der Waals surface area contributed by atoms with Gasteiger partial charge < -0.3 is 14.6 Å². The first kappa shape index (κ1) is 19.7. The summed E-state index contributed by atoms with van der Waals surface area (Å²) < 4.78 is 11.2. The number of aliphatic hydroxyl groups excluding tert-OH is 1. The van der Waals surface area contributed by atoms with Gasteiger partial charge in [-0.1, -0.05) is 26.8 Å². The zero-order valence-corrected chi connectivity index (χ0v) is 15.8. The van der Waals surface area contributed by atoms with Crippen LogP contribution in [-0.4, -0.2) is 35.4 Å². The van der Waals surface area contributed by atoms with Crippen molar-refractivity contribution in [3.63, 3.8) is 0 Å². The Morgan fingerprint density at radius 1 is 1.40 bits per heavy atom. The standard InChI is InChI=1S/C20H30O5/c1-6-11(2)19(22)24-17-8-7-12(3)16(21)10-15-14(5)20(23)25-18(15)9-13(17)4/h7,9,11,14-18,21H,6,8,10H2,1-5H3/b12-7+,13-9+/t11-,14-,15+,16+,17+,18+/m1/s1. The summed E-state index contributed by atoms with van der Waals surface area (Å²) in [6.07, 6.45) is 4.13. The fourth-order valence-corrected chi connectivity index (χ4v) is 3.27. The largest absolute Gasteiger partial charge is 0.458 e. The number of carbonyl (C=O) groups is 2. The van der Waals surface area contributed by atoms with Crippen LogP contribution >= 0.6 is 0 Å². The molecule has 2 aliphatic rings. The fraction of sp³-hybridized carbons (Fsp3) is 0.700. The average Bonchev–Trinajstić information content (AvgIpc) is 2.83. The predicted octanol–water partition coefficient (Wildman–Crippen LogP) is 3.17. The van der Waals surface area contributed by atoms with Crippen LogP contribution in [0.5, 0.6) is 0 Å². The van der Waals surface area contributed by atoms with Crippen molar-refractivity contribution < 1.29 is 24.2 Å². The van der Waals surface area contributed by atoms with E-state index in [1.165, 1.54) is 0 Å². The number of carbonyl (C=O) groups excluding carboxylic acids is 2. The molecule has 0 saturated carbocycles. The Morgan fingerprint density at radius 2 is 2.08 bits per heavy atom. The van der Waals surface area contributed by atoms with Crippen LogP contribution in [0, 0.1) is 17.8 Å². The SMILES string of the molecule is CC[C@@H](C)C(=O)O[C@H]1C/C=C(\C)[C@@H](O)C[C@@H]2[C@H](/C=C/1C)OC(=O)[C@@H]2C. The Balaban J connectivity index is 2.30. The summed E-state index contributed by atoms with van der Waals surface area (Å²) in [6.45, 7) is 9.42. The Kier molecular flexibility index (Phi) is 6.44. The minimum absolute atomic E-state index is 0.0789. The van der Waals surface area contributed by atoms with Crippen molar-refractivity contribution in [1.29, 1.82) is 0 Å². The normalized spacial score (nSPS) is 38.5. The number of esters is 2. The van der Waals surface area contributed by atoms with Gasteiger partial charge in [-0.25, -0.2) is 0 Å². The first-order valence-corrected chi connectivity index (χ1v) is 9.18. The molecule has 1 aliphatic heterocycles. The molecule has 0 aromatic carbocycles. The van der Waals surface area contributed by atoms with Crippen LogP contribution in [-0.2, 0) is 19.1 Å². The van der Waals surface area contributed by atoms with Crippen LogP contribution in [0.4, 0.5) is 0 Å². The second-order valence-corrected chi connectivity index (χ2v) is 7.43. The third-order valence-corrected chi connectivity index (χ3v) is 5.57. The smallest absolute Gasteiger partial charge is 0.309 e. The van der Waals surface area contributed by atoms with Crippen LogP contribution < -0.4 is 0 Å². The summed E-state index contributed by atoms with van der Waals surface area (Å²) in [5.41, 5.74) is 1.72. The minimum atomic E-state index is -0.623. The van der Waals surface area contributed by atoms with Gasteiger partial charge in [0, 0.05) is 12.3 Å². The van der Waals surface area contributed by atoms with E-state index in [1.807, 2.05) is 46.8 Å². The van der Waals surface area contributed by atoms with E-state index in [1.54, 1.807) is 0 Å². The molecular weight excluding hydrogens is 320 g/mol. The summed E-state index contributed by atoms with van der Waals surface area (Å²) in [5, 5.41) is 10.4. The highest BCUT2D eigenvalue weighted by Gasteiger charge is 2.42. The lowest BCUT2D eigenvalue weighted by atomic mass is 9.83. The Hall–Kier alpha value is -1.62. The van der Waals surface area contributed by atoms with E-state index in [2.05, 4.69) is 0 Å². The molecule has 1 heterocycles. The third-order valence-electron chi connectivity index (χ3n) is 5.57. The molecular formula is C20H30O5. The van der Waals surface area contributed by atoms with Gasteiger partial charge >= 0.3 is 11.9 Å². The topological polar surface area (TPSA) is 72.8 Å². The molecule has 0 unspecified atom stereocenters. The number of hydrogen-bond acceptors (Lipinski definition) is 5. The van der Waals surface area contributed by atoms with Gasteiger partial charge in [0.05, 0.1) is 17.9 Å². The van der Waals surface area contributed by atoms with E-state index in [0.717, 1.165) is 17.6 Å². The molecule has 0 aromatic rings. The minimum Gasteiger partial charge on any atom is -0.458 e. The molecule has 0 aromatic heterocycles. The summed E-state index contributed by atoms with van der Waals surface area (Å²) >= 11 is 0. The van der Waals surface area contributed by atoms with Gasteiger partial charge in [0.2, 0.25) is 0 Å². The molecule has 1 aliphatic carbocycles. The number of ether oxygens (including phenoxy) is 2. The highest BCUT2D eigenvalue weighted by Crippen LogP contribution is 2.35.